The van der Waals surface area contributed by atoms with Crippen molar-refractivity contribution in [1.29, 1.82) is 0 Å². The Morgan fingerprint density at radius 3 is 2.26 bits per heavy atom. The van der Waals surface area contributed by atoms with Crippen molar-refractivity contribution in [1.82, 2.24) is 10.6 Å². The number of benzene rings is 6. The van der Waals surface area contributed by atoms with Crippen molar-refractivity contribution in [2.75, 3.05) is 0 Å². The number of hydrogen-bond acceptors (Lipinski definition) is 5. The molecular weight excluding hydrogens is 528 g/mol. The number of nitrogens with one attached hydrogen (secondary N) is 2. The predicted octanol–water partition coefficient (Wildman–Crippen LogP) is 8.48. The number of nitrogens with zero attached hydrogens (tertiary/aromatic N) is 2. The van der Waals surface area contributed by atoms with Crippen molar-refractivity contribution in [3.63, 3.8) is 0 Å². The fraction of sp³-hybridized carbons (Fsp3) is 0.0526. The number of para-hydroxylation sites is 1. The largest absolute Gasteiger partial charge is 0.459 e. The van der Waals surface area contributed by atoms with E-state index in [0.29, 0.717) is 12.4 Å². The maximum absolute atomic E-state index is 6.27. The highest BCUT2D eigenvalue weighted by Gasteiger charge is 2.29. The molecule has 1 atom stereocenters. The molecule has 1 unspecified atom stereocenters. The molecule has 0 spiro atoms. The van der Waals surface area contributed by atoms with E-state index in [9.17, 15) is 0 Å². The summed E-state index contributed by atoms with van der Waals surface area (Å²) in [4.78, 5) is 10.5. The van der Waals surface area contributed by atoms with Crippen molar-refractivity contribution >= 4 is 60.5 Å². The van der Waals surface area contributed by atoms with Gasteiger partial charge in [-0.3, -0.25) is 0 Å². The van der Waals surface area contributed by atoms with Crippen LogP contribution >= 0.6 is 0 Å². The lowest BCUT2D eigenvalue weighted by atomic mass is 9.95. The van der Waals surface area contributed by atoms with Crippen LogP contribution in [0.15, 0.2) is 142 Å². The average Bonchev–Trinajstić information content (AvgIpc) is 3.46. The number of amidine groups is 2. The van der Waals surface area contributed by atoms with Crippen LogP contribution in [0.5, 0.6) is 0 Å². The molecule has 0 fully saturated rings. The van der Waals surface area contributed by atoms with Gasteiger partial charge in [-0.15, -0.1) is 0 Å². The van der Waals surface area contributed by atoms with Gasteiger partial charge in [0.15, 0.2) is 5.84 Å². The second-order valence-electron chi connectivity index (χ2n) is 11.1. The van der Waals surface area contributed by atoms with Crippen LogP contribution in [0.4, 0.5) is 0 Å². The molecule has 2 N–H and O–H groups in total. The molecule has 0 aliphatic carbocycles. The van der Waals surface area contributed by atoms with Crippen LogP contribution in [0.3, 0.4) is 0 Å². The average molecular weight is 555 g/mol. The van der Waals surface area contributed by atoms with Gasteiger partial charge in [-0.25, -0.2) is 9.98 Å². The van der Waals surface area contributed by atoms with Gasteiger partial charge in [0.2, 0.25) is 0 Å². The van der Waals surface area contributed by atoms with Gasteiger partial charge in [0.25, 0.3) is 0 Å². The monoisotopic (exact) mass is 554 g/mol. The van der Waals surface area contributed by atoms with Gasteiger partial charge in [0, 0.05) is 28.3 Å². The van der Waals surface area contributed by atoms with Gasteiger partial charge in [-0.2, -0.15) is 0 Å². The van der Waals surface area contributed by atoms with E-state index in [0.717, 1.165) is 55.6 Å². The molecule has 0 bridgehead atoms. The zero-order valence-electron chi connectivity index (χ0n) is 23.2. The lowest BCUT2D eigenvalue weighted by molar-refractivity contribution is 0.531. The Labute approximate surface area is 247 Å². The number of fused-ring (bicyclic) bond motifs is 7. The molecule has 9 rings (SSSR count). The quantitative estimate of drug-likeness (QED) is 0.215. The zero-order chi connectivity index (χ0) is 28.3. The SMILES string of the molecule is C1=C(C2=NC(c3cc4ccccc4c4ccccc34)=NC(c3ccc4ccccc4c3)N2)c2c(oc3ccccc23)CN1. The summed E-state index contributed by atoms with van der Waals surface area (Å²) >= 11 is 0. The molecule has 2 aliphatic rings. The third-order valence-corrected chi connectivity index (χ3v) is 8.54. The lowest BCUT2D eigenvalue weighted by Crippen LogP contribution is -2.35. The van der Waals surface area contributed by atoms with E-state index in [1.54, 1.807) is 0 Å². The van der Waals surface area contributed by atoms with Crippen LogP contribution in [-0.4, -0.2) is 11.7 Å². The number of rotatable bonds is 3. The predicted molar refractivity (Wildman–Crippen MR) is 176 cm³/mol. The minimum absolute atomic E-state index is 0.332. The Hall–Kier alpha value is -5.68. The second kappa shape index (κ2) is 9.43. The van der Waals surface area contributed by atoms with E-state index in [1.807, 2.05) is 12.1 Å². The van der Waals surface area contributed by atoms with Crippen molar-refractivity contribution in [2.45, 2.75) is 12.7 Å². The fourth-order valence-electron chi connectivity index (χ4n) is 6.51. The van der Waals surface area contributed by atoms with Gasteiger partial charge in [0.1, 0.15) is 23.3 Å². The zero-order valence-corrected chi connectivity index (χ0v) is 23.2. The molecule has 0 amide bonds. The first-order chi connectivity index (χ1) is 21.3. The number of hydrogen-bond donors (Lipinski definition) is 2. The van der Waals surface area contributed by atoms with E-state index in [4.69, 9.17) is 14.4 Å². The van der Waals surface area contributed by atoms with Crippen molar-refractivity contribution in [3.8, 4) is 0 Å². The maximum Gasteiger partial charge on any atom is 0.160 e. The first kappa shape index (κ1) is 24.0. The lowest BCUT2D eigenvalue weighted by Gasteiger charge is -2.26. The first-order valence-corrected chi connectivity index (χ1v) is 14.6. The standard InChI is InChI=1S/C38H26N4O/c1-2-10-24-19-26(18-17-23(24)9-1)36-40-37(31-20-25-11-3-4-12-27(25)28-13-5-6-14-29(28)31)42-38(41-36)32-21-39-22-34-35(32)30-15-7-8-16-33(30)43-34/h1-21,36,39H,22H2,(H,40,41,42). The van der Waals surface area contributed by atoms with Crippen LogP contribution in [0.25, 0.3) is 48.9 Å². The Morgan fingerprint density at radius 2 is 1.37 bits per heavy atom. The van der Waals surface area contributed by atoms with Gasteiger partial charge in [-0.05, 0) is 56.1 Å². The third-order valence-electron chi connectivity index (χ3n) is 8.54. The molecule has 204 valence electrons. The summed E-state index contributed by atoms with van der Waals surface area (Å²) in [5.74, 6) is 2.38. The Balaban J connectivity index is 1.28. The van der Waals surface area contributed by atoms with Crippen molar-refractivity contribution in [2.24, 2.45) is 9.98 Å². The van der Waals surface area contributed by atoms with Gasteiger partial charge < -0.3 is 15.1 Å². The molecule has 0 radical (unpaired) electrons. The summed E-state index contributed by atoms with van der Waals surface area (Å²) in [6.45, 7) is 0.630. The van der Waals surface area contributed by atoms with E-state index >= 15 is 0 Å². The summed E-state index contributed by atoms with van der Waals surface area (Å²) < 4.78 is 6.27. The molecule has 3 heterocycles. The second-order valence-corrected chi connectivity index (χ2v) is 11.1. The first-order valence-electron chi connectivity index (χ1n) is 14.6. The molecule has 5 nitrogen and oxygen atoms in total. The Kier molecular flexibility index (Phi) is 5.26. The summed E-state index contributed by atoms with van der Waals surface area (Å²) in [6, 6.07) is 42.5. The van der Waals surface area contributed by atoms with Gasteiger partial charge in [-0.1, -0.05) is 103 Å². The highest BCUT2D eigenvalue weighted by molar-refractivity contribution is 6.31. The minimum atomic E-state index is -0.332. The Bertz CT molecular complexity index is 2340. The molecule has 0 saturated carbocycles. The molecule has 7 aromatic rings. The summed E-state index contributed by atoms with van der Waals surface area (Å²) in [5.41, 5.74) is 5.01. The topological polar surface area (TPSA) is 61.9 Å². The van der Waals surface area contributed by atoms with Gasteiger partial charge in [0.05, 0.1) is 6.54 Å². The van der Waals surface area contributed by atoms with E-state index in [2.05, 4.69) is 126 Å². The molecule has 1 aromatic heterocycles. The summed E-state index contributed by atoms with van der Waals surface area (Å²) in [5, 5.41) is 15.3. The van der Waals surface area contributed by atoms with Crippen LogP contribution in [0, 0.1) is 0 Å². The summed E-state index contributed by atoms with van der Waals surface area (Å²) in [7, 11) is 0. The van der Waals surface area contributed by atoms with Crippen LogP contribution in [0.2, 0.25) is 0 Å². The van der Waals surface area contributed by atoms with Crippen molar-refractivity contribution < 1.29 is 4.42 Å². The highest BCUT2D eigenvalue weighted by Crippen LogP contribution is 2.37. The molecule has 43 heavy (non-hydrogen) atoms. The molecule has 6 aromatic carbocycles. The number of aliphatic imine (C=N–C) groups is 2. The highest BCUT2D eigenvalue weighted by atomic mass is 16.3. The molecule has 0 saturated heterocycles. The normalized spacial score (nSPS) is 16.4. The Morgan fingerprint density at radius 1 is 0.651 bits per heavy atom. The summed E-state index contributed by atoms with van der Waals surface area (Å²) in [6.07, 6.45) is 1.72. The minimum Gasteiger partial charge on any atom is -0.459 e. The van der Waals surface area contributed by atoms with E-state index in [-0.39, 0.29) is 6.17 Å². The molecule has 5 heteroatoms. The third kappa shape index (κ3) is 3.86. The molecule has 2 aliphatic heterocycles. The maximum atomic E-state index is 6.27. The van der Waals surface area contributed by atoms with Gasteiger partial charge >= 0.3 is 0 Å². The van der Waals surface area contributed by atoms with Crippen LogP contribution in [0.1, 0.15) is 28.6 Å². The van der Waals surface area contributed by atoms with Crippen molar-refractivity contribution in [3.05, 3.63) is 150 Å². The molecular formula is C38H26N4O. The van der Waals surface area contributed by atoms with Crippen LogP contribution in [-0.2, 0) is 6.54 Å². The number of furan rings is 1. The smallest absolute Gasteiger partial charge is 0.160 e. The van der Waals surface area contributed by atoms with E-state index < -0.39 is 0 Å². The van der Waals surface area contributed by atoms with Crippen LogP contribution < -0.4 is 10.6 Å². The van der Waals surface area contributed by atoms with E-state index in [1.165, 1.54) is 21.5 Å². The fourth-order valence-corrected chi connectivity index (χ4v) is 6.51.